The van der Waals surface area contributed by atoms with E-state index in [1.165, 1.54) is 0 Å². The van der Waals surface area contributed by atoms with Gasteiger partial charge < -0.3 is 24.1 Å². The molecule has 0 spiro atoms. The lowest BCUT2D eigenvalue weighted by molar-refractivity contribution is -0.103. The van der Waals surface area contributed by atoms with E-state index in [1.807, 2.05) is 112 Å². The molecule has 41 heavy (non-hydrogen) atoms. The molecule has 0 unspecified atom stereocenters. The Hall–Kier alpha value is -3.23. The number of benzene rings is 3. The fraction of sp³-hybridized carbons (Fsp3) is 0.441. The lowest BCUT2D eigenvalue weighted by atomic mass is 9.99. The molecule has 1 aliphatic heterocycles. The Morgan fingerprint density at radius 3 is 1.85 bits per heavy atom. The van der Waals surface area contributed by atoms with Crippen LogP contribution in [0.5, 0.6) is 0 Å². The third-order valence-electron chi connectivity index (χ3n) is 6.99. The molecule has 4 atom stereocenters. The summed E-state index contributed by atoms with van der Waals surface area (Å²) in [4.78, 5) is 15.4. The molecule has 0 bridgehead atoms. The van der Waals surface area contributed by atoms with Gasteiger partial charge in [-0.15, -0.1) is 0 Å². The largest absolute Gasteiger partial charge is 0.444 e. The van der Waals surface area contributed by atoms with Crippen LogP contribution in [0.4, 0.5) is 4.79 Å². The van der Waals surface area contributed by atoms with Crippen molar-refractivity contribution in [3.05, 3.63) is 108 Å². The summed E-state index contributed by atoms with van der Waals surface area (Å²) in [5, 5.41) is 9.73. The summed E-state index contributed by atoms with van der Waals surface area (Å²) in [6.07, 6.45) is -0.664. The van der Waals surface area contributed by atoms with Gasteiger partial charge in [-0.2, -0.15) is 0 Å². The van der Waals surface area contributed by atoms with Crippen molar-refractivity contribution in [3.8, 4) is 0 Å². The minimum atomic E-state index is -0.670. The number of hydrogen-bond donors (Lipinski definition) is 1. The van der Waals surface area contributed by atoms with E-state index in [9.17, 15) is 9.90 Å². The Morgan fingerprint density at radius 2 is 1.34 bits per heavy atom. The van der Waals surface area contributed by atoms with Crippen molar-refractivity contribution >= 4 is 6.09 Å². The molecule has 1 saturated heterocycles. The van der Waals surface area contributed by atoms with E-state index in [1.54, 1.807) is 4.90 Å². The Balaban J connectivity index is 1.65. The van der Waals surface area contributed by atoms with Crippen molar-refractivity contribution in [1.82, 2.24) is 4.90 Å². The van der Waals surface area contributed by atoms with E-state index in [-0.39, 0.29) is 6.61 Å². The fourth-order valence-corrected chi connectivity index (χ4v) is 5.07. The number of hydrogen-bond acceptors (Lipinski definition) is 6. The first kappa shape index (κ1) is 30.7. The van der Waals surface area contributed by atoms with Gasteiger partial charge in [-0.3, -0.25) is 4.90 Å². The van der Waals surface area contributed by atoms with Gasteiger partial charge in [-0.25, -0.2) is 4.79 Å². The molecule has 0 aliphatic carbocycles. The molecule has 3 aromatic rings. The van der Waals surface area contributed by atoms with Crippen LogP contribution in [-0.4, -0.2) is 59.2 Å². The summed E-state index contributed by atoms with van der Waals surface area (Å²) in [6, 6.07) is 29.4. The quantitative estimate of drug-likeness (QED) is 0.270. The minimum Gasteiger partial charge on any atom is -0.444 e. The molecule has 1 N–H and O–H groups in total. The molecule has 1 fully saturated rings. The van der Waals surface area contributed by atoms with Gasteiger partial charge >= 0.3 is 6.09 Å². The van der Waals surface area contributed by atoms with E-state index >= 15 is 0 Å². The Labute approximate surface area is 244 Å². The van der Waals surface area contributed by atoms with Crippen molar-refractivity contribution < 1.29 is 28.8 Å². The average Bonchev–Trinajstić information content (AvgIpc) is 3.34. The SMILES string of the molecule is CC(C)(C)OC(=O)N1C[C@H](OCc2ccccc2)[C@H](OCc2ccccc2)[C@H]1[C@@H](CCCO)OCc1ccccc1. The van der Waals surface area contributed by atoms with Gasteiger partial charge in [0, 0.05) is 6.61 Å². The number of likely N-dealkylation sites (tertiary alicyclic amines) is 1. The smallest absolute Gasteiger partial charge is 0.410 e. The summed E-state index contributed by atoms with van der Waals surface area (Å²) in [5.41, 5.74) is 2.43. The summed E-state index contributed by atoms with van der Waals surface area (Å²) in [7, 11) is 0. The number of carbonyl (C=O) groups excluding carboxylic acids is 1. The van der Waals surface area contributed by atoms with Gasteiger partial charge in [0.05, 0.1) is 38.5 Å². The Morgan fingerprint density at radius 1 is 0.829 bits per heavy atom. The molecule has 1 amide bonds. The highest BCUT2D eigenvalue weighted by atomic mass is 16.6. The maximum absolute atomic E-state index is 13.7. The monoisotopic (exact) mass is 561 g/mol. The molecule has 7 heteroatoms. The Bertz CT molecular complexity index is 1170. The Kier molecular flexibility index (Phi) is 11.3. The van der Waals surface area contributed by atoms with Crippen molar-refractivity contribution in [2.75, 3.05) is 13.2 Å². The summed E-state index contributed by atoms with van der Waals surface area (Å²) < 4.78 is 25.5. The third kappa shape index (κ3) is 9.40. The summed E-state index contributed by atoms with van der Waals surface area (Å²) in [6.45, 7) is 7.02. The second kappa shape index (κ2) is 15.1. The van der Waals surface area contributed by atoms with Gasteiger partial charge in [0.15, 0.2) is 0 Å². The average molecular weight is 562 g/mol. The van der Waals surface area contributed by atoms with Gasteiger partial charge in [-0.1, -0.05) is 91.0 Å². The maximum atomic E-state index is 13.7. The van der Waals surface area contributed by atoms with E-state index in [0.29, 0.717) is 39.2 Å². The van der Waals surface area contributed by atoms with Crippen LogP contribution in [-0.2, 0) is 38.8 Å². The number of amides is 1. The van der Waals surface area contributed by atoms with Gasteiger partial charge in [0.1, 0.15) is 17.8 Å². The van der Waals surface area contributed by atoms with E-state index in [0.717, 1.165) is 16.7 Å². The van der Waals surface area contributed by atoms with Gasteiger partial charge in [0.25, 0.3) is 0 Å². The van der Waals surface area contributed by atoms with E-state index < -0.39 is 36.0 Å². The molecule has 1 aliphatic rings. The maximum Gasteiger partial charge on any atom is 0.410 e. The second-order valence-corrected chi connectivity index (χ2v) is 11.4. The van der Waals surface area contributed by atoms with Crippen molar-refractivity contribution in [3.63, 3.8) is 0 Å². The molecular formula is C34H43NO6. The number of rotatable bonds is 13. The second-order valence-electron chi connectivity index (χ2n) is 11.4. The van der Waals surface area contributed by atoms with Crippen LogP contribution < -0.4 is 0 Å². The number of aliphatic hydroxyl groups excluding tert-OH is 1. The first-order valence-electron chi connectivity index (χ1n) is 14.4. The highest BCUT2D eigenvalue weighted by Crippen LogP contribution is 2.33. The molecule has 7 nitrogen and oxygen atoms in total. The fourth-order valence-electron chi connectivity index (χ4n) is 5.07. The zero-order valence-electron chi connectivity index (χ0n) is 24.4. The van der Waals surface area contributed by atoms with Crippen LogP contribution in [0.3, 0.4) is 0 Å². The number of carbonyl (C=O) groups is 1. The van der Waals surface area contributed by atoms with Gasteiger partial charge in [0.2, 0.25) is 0 Å². The topological polar surface area (TPSA) is 77.5 Å². The van der Waals surface area contributed by atoms with Crippen molar-refractivity contribution in [1.29, 1.82) is 0 Å². The third-order valence-corrected chi connectivity index (χ3v) is 6.99. The standard InChI is InChI=1S/C34H43NO6/c1-34(2,3)41-33(37)35-22-30(39-24-27-16-9-5-10-17-27)32(40-25-28-18-11-6-12-19-28)31(35)29(20-13-21-36)38-23-26-14-7-4-8-15-26/h4-12,14-19,29-32,36H,13,20-25H2,1-3H3/t29-,30+,31-,32+/m1/s1. The van der Waals surface area contributed by atoms with Crippen LogP contribution in [0.1, 0.15) is 50.3 Å². The first-order chi connectivity index (χ1) is 19.8. The minimum absolute atomic E-state index is 0.0217. The first-order valence-corrected chi connectivity index (χ1v) is 14.4. The van der Waals surface area contributed by atoms with Crippen LogP contribution in [0, 0.1) is 0 Å². The highest BCUT2D eigenvalue weighted by Gasteiger charge is 2.50. The molecule has 4 rings (SSSR count). The molecule has 0 aromatic heterocycles. The highest BCUT2D eigenvalue weighted by molar-refractivity contribution is 5.69. The molecule has 0 saturated carbocycles. The van der Waals surface area contributed by atoms with Crippen LogP contribution in [0.2, 0.25) is 0 Å². The number of nitrogens with zero attached hydrogens (tertiary/aromatic N) is 1. The molecule has 0 radical (unpaired) electrons. The molecule has 3 aromatic carbocycles. The summed E-state index contributed by atoms with van der Waals surface area (Å²) >= 11 is 0. The molecular weight excluding hydrogens is 518 g/mol. The van der Waals surface area contributed by atoms with E-state index in [2.05, 4.69) is 0 Å². The lowest BCUT2D eigenvalue weighted by Gasteiger charge is -2.35. The number of aliphatic hydroxyl groups is 1. The zero-order valence-corrected chi connectivity index (χ0v) is 24.4. The predicted molar refractivity (Wildman–Crippen MR) is 158 cm³/mol. The number of ether oxygens (including phenoxy) is 4. The normalized spacial score (nSPS) is 19.7. The van der Waals surface area contributed by atoms with Crippen LogP contribution in [0.25, 0.3) is 0 Å². The molecule has 1 heterocycles. The van der Waals surface area contributed by atoms with E-state index in [4.69, 9.17) is 18.9 Å². The van der Waals surface area contributed by atoms with Crippen LogP contribution >= 0.6 is 0 Å². The van der Waals surface area contributed by atoms with Crippen molar-refractivity contribution in [2.24, 2.45) is 0 Å². The zero-order chi connectivity index (χ0) is 29.1. The lowest BCUT2D eigenvalue weighted by Crippen LogP contribution is -2.51. The van der Waals surface area contributed by atoms with Gasteiger partial charge in [-0.05, 0) is 50.3 Å². The molecule has 220 valence electrons. The summed E-state index contributed by atoms with van der Waals surface area (Å²) in [5.74, 6) is 0. The van der Waals surface area contributed by atoms with Crippen LogP contribution in [0.15, 0.2) is 91.0 Å². The predicted octanol–water partition coefficient (Wildman–Crippen LogP) is 6.13. The van der Waals surface area contributed by atoms with Crippen molar-refractivity contribution in [2.45, 2.75) is 83.4 Å².